The number of methoxy groups -OCH3 is 1. The van der Waals surface area contributed by atoms with E-state index < -0.39 is 0 Å². The molecule has 1 unspecified atom stereocenters. The van der Waals surface area contributed by atoms with E-state index in [2.05, 4.69) is 5.32 Å². The number of benzene rings is 1. The summed E-state index contributed by atoms with van der Waals surface area (Å²) in [6, 6.07) is 4.90. The predicted octanol–water partition coefficient (Wildman–Crippen LogP) is 2.24. The number of aliphatic hydroxyl groups is 1. The molecule has 100 valence electrons. The van der Waals surface area contributed by atoms with Gasteiger partial charge in [0.1, 0.15) is 5.75 Å². The van der Waals surface area contributed by atoms with Crippen LogP contribution in [0.3, 0.4) is 0 Å². The SMILES string of the molecule is COc1cc(Cl)ccc1C(=O)NC(C)CCCO. The van der Waals surface area contributed by atoms with Crippen molar-refractivity contribution in [2.24, 2.45) is 0 Å². The van der Waals surface area contributed by atoms with E-state index in [0.29, 0.717) is 22.8 Å². The molecule has 18 heavy (non-hydrogen) atoms. The standard InChI is InChI=1S/C13H18ClNO3/c1-9(4-3-7-16)15-13(17)11-6-5-10(14)8-12(11)18-2/h5-6,8-9,16H,3-4,7H2,1-2H3,(H,15,17). The van der Waals surface area contributed by atoms with E-state index in [1.54, 1.807) is 18.2 Å². The van der Waals surface area contributed by atoms with Gasteiger partial charge in [0.15, 0.2) is 0 Å². The minimum Gasteiger partial charge on any atom is -0.496 e. The van der Waals surface area contributed by atoms with Gasteiger partial charge in [-0.15, -0.1) is 0 Å². The van der Waals surface area contributed by atoms with E-state index in [1.807, 2.05) is 6.92 Å². The van der Waals surface area contributed by atoms with E-state index in [4.69, 9.17) is 21.4 Å². The second-order valence-corrected chi connectivity index (χ2v) is 4.52. The monoisotopic (exact) mass is 271 g/mol. The number of aliphatic hydroxyl groups excluding tert-OH is 1. The van der Waals surface area contributed by atoms with Crippen LogP contribution in [-0.4, -0.2) is 30.8 Å². The molecule has 0 bridgehead atoms. The molecule has 5 heteroatoms. The lowest BCUT2D eigenvalue weighted by Crippen LogP contribution is -2.32. The van der Waals surface area contributed by atoms with E-state index in [0.717, 1.165) is 6.42 Å². The van der Waals surface area contributed by atoms with Crippen LogP contribution >= 0.6 is 11.6 Å². The Hall–Kier alpha value is -1.26. The molecule has 0 fully saturated rings. The Morgan fingerprint density at radius 1 is 1.56 bits per heavy atom. The molecule has 0 saturated carbocycles. The summed E-state index contributed by atoms with van der Waals surface area (Å²) in [5, 5.41) is 12.1. The summed E-state index contributed by atoms with van der Waals surface area (Å²) in [5.74, 6) is 0.253. The molecule has 0 aliphatic rings. The molecule has 0 heterocycles. The average molecular weight is 272 g/mol. The van der Waals surface area contributed by atoms with Crippen LogP contribution in [0.5, 0.6) is 5.75 Å². The molecule has 1 rings (SSSR count). The highest BCUT2D eigenvalue weighted by molar-refractivity contribution is 6.30. The van der Waals surface area contributed by atoms with Crippen molar-refractivity contribution in [3.05, 3.63) is 28.8 Å². The molecule has 1 atom stereocenters. The molecule has 0 aliphatic carbocycles. The molecule has 0 aromatic heterocycles. The van der Waals surface area contributed by atoms with Gasteiger partial charge in [-0.2, -0.15) is 0 Å². The highest BCUT2D eigenvalue weighted by Crippen LogP contribution is 2.23. The number of hydrogen-bond donors (Lipinski definition) is 2. The van der Waals surface area contributed by atoms with Crippen LogP contribution in [0.1, 0.15) is 30.1 Å². The van der Waals surface area contributed by atoms with Crippen LogP contribution in [0, 0.1) is 0 Å². The average Bonchev–Trinajstić information content (AvgIpc) is 2.35. The van der Waals surface area contributed by atoms with Gasteiger partial charge in [0.05, 0.1) is 12.7 Å². The normalized spacial score (nSPS) is 12.0. The Balaban J connectivity index is 2.72. The molecule has 1 amide bonds. The number of nitrogens with one attached hydrogen (secondary N) is 1. The Morgan fingerprint density at radius 3 is 2.89 bits per heavy atom. The molecule has 4 nitrogen and oxygen atoms in total. The first kappa shape index (κ1) is 14.8. The maximum Gasteiger partial charge on any atom is 0.255 e. The van der Waals surface area contributed by atoms with Crippen LogP contribution in [-0.2, 0) is 0 Å². The van der Waals surface area contributed by atoms with E-state index in [-0.39, 0.29) is 18.6 Å². The van der Waals surface area contributed by atoms with Crippen LogP contribution in [0.2, 0.25) is 5.02 Å². The second-order valence-electron chi connectivity index (χ2n) is 4.08. The lowest BCUT2D eigenvalue weighted by molar-refractivity contribution is 0.0933. The van der Waals surface area contributed by atoms with Gasteiger partial charge in [0.2, 0.25) is 0 Å². The first-order valence-electron chi connectivity index (χ1n) is 5.83. The van der Waals surface area contributed by atoms with Crippen molar-refractivity contribution in [3.8, 4) is 5.75 Å². The van der Waals surface area contributed by atoms with E-state index >= 15 is 0 Å². The number of hydrogen-bond acceptors (Lipinski definition) is 3. The predicted molar refractivity (Wildman–Crippen MR) is 71.3 cm³/mol. The molecule has 1 aromatic rings. The molecule has 1 aromatic carbocycles. The van der Waals surface area contributed by atoms with Crippen LogP contribution in [0.25, 0.3) is 0 Å². The summed E-state index contributed by atoms with van der Waals surface area (Å²) in [5.41, 5.74) is 0.456. The van der Waals surface area contributed by atoms with E-state index in [1.165, 1.54) is 7.11 Å². The smallest absolute Gasteiger partial charge is 0.255 e. The number of amides is 1. The van der Waals surface area contributed by atoms with Crippen molar-refractivity contribution in [2.75, 3.05) is 13.7 Å². The fourth-order valence-corrected chi connectivity index (χ4v) is 1.79. The molecule has 0 radical (unpaired) electrons. The second kappa shape index (κ2) is 7.24. The first-order chi connectivity index (χ1) is 8.58. The summed E-state index contributed by atoms with van der Waals surface area (Å²) < 4.78 is 5.12. The Morgan fingerprint density at radius 2 is 2.28 bits per heavy atom. The number of ether oxygens (including phenoxy) is 1. The van der Waals surface area contributed by atoms with Gasteiger partial charge in [-0.25, -0.2) is 0 Å². The van der Waals surface area contributed by atoms with Gasteiger partial charge in [-0.3, -0.25) is 4.79 Å². The van der Waals surface area contributed by atoms with Crippen molar-refractivity contribution in [2.45, 2.75) is 25.8 Å². The lowest BCUT2D eigenvalue weighted by atomic mass is 10.1. The third-order valence-corrected chi connectivity index (χ3v) is 2.82. The quantitative estimate of drug-likeness (QED) is 0.834. The van der Waals surface area contributed by atoms with E-state index in [9.17, 15) is 4.79 Å². The Kier molecular flexibility index (Phi) is 5.95. The minimum absolute atomic E-state index is 0.00466. The molecule has 0 aliphatic heterocycles. The fourth-order valence-electron chi connectivity index (χ4n) is 1.62. The zero-order valence-corrected chi connectivity index (χ0v) is 11.3. The third-order valence-electron chi connectivity index (χ3n) is 2.58. The lowest BCUT2D eigenvalue weighted by Gasteiger charge is -2.15. The van der Waals surface area contributed by atoms with Gasteiger partial charge in [-0.1, -0.05) is 11.6 Å². The Bertz CT molecular complexity index is 409. The van der Waals surface area contributed by atoms with Gasteiger partial charge in [0.25, 0.3) is 5.91 Å². The van der Waals surface area contributed by atoms with Crippen molar-refractivity contribution in [1.82, 2.24) is 5.32 Å². The molecular weight excluding hydrogens is 254 g/mol. The topological polar surface area (TPSA) is 58.6 Å². The molecule has 0 spiro atoms. The zero-order valence-electron chi connectivity index (χ0n) is 10.6. The number of carbonyl (C=O) groups excluding carboxylic acids is 1. The maximum absolute atomic E-state index is 12.0. The zero-order chi connectivity index (χ0) is 13.5. The summed E-state index contributed by atoms with van der Waals surface area (Å²) in [4.78, 5) is 12.0. The maximum atomic E-state index is 12.0. The highest BCUT2D eigenvalue weighted by Gasteiger charge is 2.14. The van der Waals surface area contributed by atoms with Crippen molar-refractivity contribution in [3.63, 3.8) is 0 Å². The van der Waals surface area contributed by atoms with Gasteiger partial charge in [0, 0.05) is 17.7 Å². The number of carbonyl (C=O) groups is 1. The first-order valence-corrected chi connectivity index (χ1v) is 6.21. The largest absolute Gasteiger partial charge is 0.496 e. The summed E-state index contributed by atoms with van der Waals surface area (Å²) in [6.07, 6.45) is 1.40. The van der Waals surface area contributed by atoms with Crippen molar-refractivity contribution >= 4 is 17.5 Å². The summed E-state index contributed by atoms with van der Waals surface area (Å²) in [6.45, 7) is 2.03. The molecular formula is C13H18ClNO3. The van der Waals surface area contributed by atoms with Gasteiger partial charge < -0.3 is 15.2 Å². The van der Waals surface area contributed by atoms with Crippen LogP contribution in [0.4, 0.5) is 0 Å². The minimum atomic E-state index is -0.200. The third kappa shape index (κ3) is 4.20. The Labute approximate surface area is 112 Å². The van der Waals surface area contributed by atoms with Crippen LogP contribution in [0.15, 0.2) is 18.2 Å². The summed E-state index contributed by atoms with van der Waals surface area (Å²) in [7, 11) is 1.50. The number of rotatable bonds is 6. The van der Waals surface area contributed by atoms with Gasteiger partial charge in [-0.05, 0) is 38.0 Å². The highest BCUT2D eigenvalue weighted by atomic mass is 35.5. The van der Waals surface area contributed by atoms with Crippen molar-refractivity contribution in [1.29, 1.82) is 0 Å². The van der Waals surface area contributed by atoms with Gasteiger partial charge >= 0.3 is 0 Å². The van der Waals surface area contributed by atoms with Crippen molar-refractivity contribution < 1.29 is 14.6 Å². The molecule has 0 saturated heterocycles. The van der Waals surface area contributed by atoms with Crippen LogP contribution < -0.4 is 10.1 Å². The fraction of sp³-hybridized carbons (Fsp3) is 0.462. The molecule has 2 N–H and O–H groups in total. The summed E-state index contributed by atoms with van der Waals surface area (Å²) >= 11 is 5.84. The number of halogens is 1.